The molecule has 0 bridgehead atoms. The summed E-state index contributed by atoms with van der Waals surface area (Å²) in [7, 11) is 0. The second kappa shape index (κ2) is 5.11. The molecule has 0 unspecified atom stereocenters. The average Bonchev–Trinajstić information content (AvgIpc) is 2.76. The summed E-state index contributed by atoms with van der Waals surface area (Å²) >= 11 is 7.34. The van der Waals surface area contributed by atoms with E-state index in [2.05, 4.69) is 4.98 Å². The van der Waals surface area contributed by atoms with Crippen molar-refractivity contribution in [3.8, 4) is 6.07 Å². The van der Waals surface area contributed by atoms with Crippen LogP contribution < -0.4 is 0 Å². The highest BCUT2D eigenvalue weighted by Crippen LogP contribution is 2.14. The molecular formula is C12H9ClN2S. The average molecular weight is 249 g/mol. The minimum Gasteiger partial charge on any atom is -0.231 e. The highest BCUT2D eigenvalue weighted by molar-refractivity contribution is 7.09. The molecule has 0 fully saturated rings. The van der Waals surface area contributed by atoms with Crippen LogP contribution in [0.5, 0.6) is 0 Å². The van der Waals surface area contributed by atoms with E-state index in [1.807, 2.05) is 30.3 Å². The largest absolute Gasteiger partial charge is 0.231 e. The molecule has 1 heterocycles. The summed E-state index contributed by atoms with van der Waals surface area (Å²) in [5.74, 6) is 0. The van der Waals surface area contributed by atoms with Crippen molar-refractivity contribution in [2.24, 2.45) is 0 Å². The molecule has 1 aromatic heterocycles. The first-order valence-electron chi connectivity index (χ1n) is 4.87. The summed E-state index contributed by atoms with van der Waals surface area (Å²) in [6.07, 6.45) is 1.80. The van der Waals surface area contributed by atoms with Crippen molar-refractivity contribution in [2.45, 2.75) is 12.8 Å². The molecule has 0 saturated heterocycles. The van der Waals surface area contributed by atoms with Crippen molar-refractivity contribution >= 4 is 22.9 Å². The number of nitrogens with zero attached hydrogens (tertiary/aromatic N) is 2. The Morgan fingerprint density at radius 1 is 1.25 bits per heavy atom. The van der Waals surface area contributed by atoms with Crippen molar-refractivity contribution in [1.29, 1.82) is 5.26 Å². The highest BCUT2D eigenvalue weighted by atomic mass is 35.5. The predicted octanol–water partition coefficient (Wildman–Crippen LogP) is 3.45. The van der Waals surface area contributed by atoms with Gasteiger partial charge in [0.2, 0.25) is 0 Å². The summed E-state index contributed by atoms with van der Waals surface area (Å²) in [6.45, 7) is 0. The van der Waals surface area contributed by atoms with Gasteiger partial charge in [0.25, 0.3) is 0 Å². The van der Waals surface area contributed by atoms with Gasteiger partial charge in [0.05, 0.1) is 5.01 Å². The van der Waals surface area contributed by atoms with Gasteiger partial charge in [-0.3, -0.25) is 0 Å². The van der Waals surface area contributed by atoms with E-state index in [1.165, 1.54) is 16.9 Å². The molecule has 0 saturated carbocycles. The lowest BCUT2D eigenvalue weighted by Crippen LogP contribution is -1.90. The molecule has 80 valence electrons. The lowest BCUT2D eigenvalue weighted by molar-refractivity contribution is 0.941. The maximum absolute atomic E-state index is 8.65. The van der Waals surface area contributed by atoms with Gasteiger partial charge in [-0.1, -0.05) is 23.7 Å². The number of nitriles is 1. The normalized spacial score (nSPS) is 10.0. The van der Waals surface area contributed by atoms with E-state index in [-0.39, 0.29) is 0 Å². The number of hydrogen-bond acceptors (Lipinski definition) is 3. The van der Waals surface area contributed by atoms with Crippen LogP contribution in [0.3, 0.4) is 0 Å². The minimum atomic E-state index is 0.510. The van der Waals surface area contributed by atoms with Crippen LogP contribution >= 0.6 is 22.9 Å². The Hall–Kier alpha value is -1.37. The molecule has 2 aromatic rings. The van der Waals surface area contributed by atoms with E-state index < -0.39 is 0 Å². The quantitative estimate of drug-likeness (QED) is 0.834. The van der Waals surface area contributed by atoms with Gasteiger partial charge in [-0.2, -0.15) is 5.26 Å². The second-order valence-corrected chi connectivity index (χ2v) is 4.74. The van der Waals surface area contributed by atoms with Crippen LogP contribution in [0.1, 0.15) is 16.3 Å². The third-order valence-corrected chi connectivity index (χ3v) is 3.37. The predicted molar refractivity (Wildman–Crippen MR) is 65.7 cm³/mol. The maximum Gasteiger partial charge on any atom is 0.151 e. The topological polar surface area (TPSA) is 36.7 Å². The lowest BCUT2D eigenvalue weighted by Gasteiger charge is -1.98. The van der Waals surface area contributed by atoms with Crippen molar-refractivity contribution in [1.82, 2.24) is 4.98 Å². The van der Waals surface area contributed by atoms with E-state index in [9.17, 15) is 0 Å². The van der Waals surface area contributed by atoms with Gasteiger partial charge in [0.1, 0.15) is 6.07 Å². The number of rotatable bonds is 3. The Balaban J connectivity index is 1.97. The smallest absolute Gasteiger partial charge is 0.151 e. The summed E-state index contributed by atoms with van der Waals surface area (Å²) in [5, 5.41) is 12.2. The van der Waals surface area contributed by atoms with Gasteiger partial charge in [-0.25, -0.2) is 4.98 Å². The molecule has 0 N–H and O–H groups in total. The third-order valence-electron chi connectivity index (χ3n) is 2.21. The van der Waals surface area contributed by atoms with Gasteiger partial charge in [0.15, 0.2) is 5.69 Å². The zero-order valence-corrected chi connectivity index (χ0v) is 10.1. The van der Waals surface area contributed by atoms with E-state index in [0.29, 0.717) is 5.69 Å². The van der Waals surface area contributed by atoms with Crippen LogP contribution in [-0.2, 0) is 12.8 Å². The zero-order chi connectivity index (χ0) is 11.4. The first-order valence-corrected chi connectivity index (χ1v) is 6.12. The molecular weight excluding hydrogens is 240 g/mol. The number of thiazole rings is 1. The number of halogens is 1. The first-order chi connectivity index (χ1) is 7.78. The van der Waals surface area contributed by atoms with Crippen LogP contribution in [-0.4, -0.2) is 4.98 Å². The van der Waals surface area contributed by atoms with Crippen LogP contribution in [0.4, 0.5) is 0 Å². The Morgan fingerprint density at radius 3 is 2.62 bits per heavy atom. The van der Waals surface area contributed by atoms with Gasteiger partial charge >= 0.3 is 0 Å². The molecule has 0 aliphatic heterocycles. The van der Waals surface area contributed by atoms with Crippen molar-refractivity contribution < 1.29 is 0 Å². The second-order valence-electron chi connectivity index (χ2n) is 3.36. The van der Waals surface area contributed by atoms with Gasteiger partial charge in [-0.15, -0.1) is 11.3 Å². The van der Waals surface area contributed by atoms with Crippen LogP contribution in [0.2, 0.25) is 5.02 Å². The van der Waals surface area contributed by atoms with E-state index in [4.69, 9.17) is 16.9 Å². The molecule has 0 aliphatic rings. The minimum absolute atomic E-state index is 0.510. The third kappa shape index (κ3) is 2.82. The van der Waals surface area contributed by atoms with E-state index in [1.54, 1.807) is 5.38 Å². The summed E-state index contributed by atoms with van der Waals surface area (Å²) < 4.78 is 0. The van der Waals surface area contributed by atoms with Crippen molar-refractivity contribution in [3.05, 3.63) is 50.9 Å². The molecule has 0 atom stereocenters. The molecule has 1 aromatic carbocycles. The number of benzene rings is 1. The van der Waals surface area contributed by atoms with Crippen LogP contribution in [0.25, 0.3) is 0 Å². The Kier molecular flexibility index (Phi) is 3.55. The molecule has 0 aliphatic carbocycles. The Bertz CT molecular complexity index is 511. The number of aryl methyl sites for hydroxylation is 2. The SMILES string of the molecule is N#Cc1csc(CCc2ccc(Cl)cc2)n1. The highest BCUT2D eigenvalue weighted by Gasteiger charge is 2.01. The molecule has 2 nitrogen and oxygen atoms in total. The first kappa shape index (κ1) is 11.1. The van der Waals surface area contributed by atoms with Crippen LogP contribution in [0, 0.1) is 11.3 Å². The van der Waals surface area contributed by atoms with E-state index >= 15 is 0 Å². The Morgan fingerprint density at radius 2 is 2.00 bits per heavy atom. The molecule has 16 heavy (non-hydrogen) atoms. The fraction of sp³-hybridized carbons (Fsp3) is 0.167. The Labute approximate surface area is 103 Å². The number of aromatic nitrogens is 1. The summed E-state index contributed by atoms with van der Waals surface area (Å²) in [6, 6.07) is 9.84. The summed E-state index contributed by atoms with van der Waals surface area (Å²) in [4.78, 5) is 4.19. The van der Waals surface area contributed by atoms with Crippen LogP contribution in [0.15, 0.2) is 29.6 Å². The maximum atomic E-state index is 8.65. The lowest BCUT2D eigenvalue weighted by atomic mass is 10.1. The van der Waals surface area contributed by atoms with E-state index in [0.717, 1.165) is 22.9 Å². The molecule has 4 heteroatoms. The fourth-order valence-corrected chi connectivity index (χ4v) is 2.23. The van der Waals surface area contributed by atoms with Crippen molar-refractivity contribution in [3.63, 3.8) is 0 Å². The summed E-state index contributed by atoms with van der Waals surface area (Å²) in [5.41, 5.74) is 1.74. The monoisotopic (exact) mass is 248 g/mol. The molecule has 0 radical (unpaired) electrons. The van der Waals surface area contributed by atoms with Gasteiger partial charge < -0.3 is 0 Å². The fourth-order valence-electron chi connectivity index (χ4n) is 1.38. The molecule has 0 spiro atoms. The van der Waals surface area contributed by atoms with Gasteiger partial charge in [0, 0.05) is 16.8 Å². The molecule has 2 rings (SSSR count). The standard InChI is InChI=1S/C12H9ClN2S/c13-10-4-1-9(2-5-10)3-6-12-15-11(7-14)8-16-12/h1-2,4-5,8H,3,6H2. The number of hydrogen-bond donors (Lipinski definition) is 0. The zero-order valence-electron chi connectivity index (χ0n) is 8.48. The van der Waals surface area contributed by atoms with Gasteiger partial charge in [-0.05, 0) is 24.1 Å². The van der Waals surface area contributed by atoms with Crippen molar-refractivity contribution in [2.75, 3.05) is 0 Å². The molecule has 0 amide bonds.